The maximum atomic E-state index is 13.1. The third-order valence-electron chi connectivity index (χ3n) is 2.46. The Kier molecular flexibility index (Phi) is 2.62. The molecular weight excluding hydrogens is 232 g/mol. The molecule has 0 saturated heterocycles. The molecule has 0 bridgehead atoms. The molecule has 0 atom stereocenters. The van der Waals surface area contributed by atoms with Crippen LogP contribution in [0.25, 0.3) is 0 Å². The molecular formula is C10H9F2N3O2. The van der Waals surface area contributed by atoms with E-state index in [0.717, 1.165) is 0 Å². The van der Waals surface area contributed by atoms with Crippen molar-refractivity contribution in [3.05, 3.63) is 29.6 Å². The third-order valence-corrected chi connectivity index (χ3v) is 2.46. The molecule has 2 heterocycles. The number of amides is 2. The van der Waals surface area contributed by atoms with Gasteiger partial charge in [-0.3, -0.25) is 19.5 Å². The van der Waals surface area contributed by atoms with Crippen molar-refractivity contribution in [2.24, 2.45) is 5.73 Å². The lowest BCUT2D eigenvalue weighted by Crippen LogP contribution is -2.44. The quantitative estimate of drug-likeness (QED) is 0.771. The first-order valence-corrected chi connectivity index (χ1v) is 4.84. The molecule has 0 unspecified atom stereocenters. The van der Waals surface area contributed by atoms with Gasteiger partial charge >= 0.3 is 0 Å². The SMILES string of the molecule is NCC(F)(F)CN1C(=O)c2ccncc2C1=O. The standard InChI is InChI=1S/C10H9F2N3O2/c11-10(12,4-13)5-15-8(16)6-1-2-14-3-7(6)9(15)17/h1-3H,4-5,13H2. The summed E-state index contributed by atoms with van der Waals surface area (Å²) in [5.74, 6) is -4.77. The monoisotopic (exact) mass is 241 g/mol. The van der Waals surface area contributed by atoms with Gasteiger partial charge in [0.1, 0.15) is 0 Å². The zero-order chi connectivity index (χ0) is 12.6. The molecule has 0 spiro atoms. The van der Waals surface area contributed by atoms with Gasteiger partial charge in [0.2, 0.25) is 0 Å². The van der Waals surface area contributed by atoms with Crippen LogP contribution in [-0.4, -0.2) is 40.7 Å². The fourth-order valence-electron chi connectivity index (χ4n) is 1.57. The number of pyridine rings is 1. The topological polar surface area (TPSA) is 76.3 Å². The summed E-state index contributed by atoms with van der Waals surface area (Å²) >= 11 is 0. The van der Waals surface area contributed by atoms with Gasteiger partial charge in [-0.05, 0) is 6.07 Å². The Bertz CT molecular complexity index is 455. The second kappa shape index (κ2) is 3.85. The minimum absolute atomic E-state index is 0.0466. The number of fused-ring (bicyclic) bond motifs is 1. The van der Waals surface area contributed by atoms with Gasteiger partial charge in [-0.25, -0.2) is 8.78 Å². The predicted molar refractivity (Wildman–Crippen MR) is 53.6 cm³/mol. The Morgan fingerprint density at radius 1 is 1.29 bits per heavy atom. The summed E-state index contributed by atoms with van der Waals surface area (Å²) in [6, 6.07) is 1.33. The highest BCUT2D eigenvalue weighted by atomic mass is 19.3. The van der Waals surface area contributed by atoms with Crippen LogP contribution in [0.15, 0.2) is 18.5 Å². The first-order chi connectivity index (χ1) is 7.96. The van der Waals surface area contributed by atoms with Crippen LogP contribution in [0, 0.1) is 0 Å². The molecule has 1 aromatic rings. The molecule has 1 aliphatic rings. The smallest absolute Gasteiger partial charge is 0.277 e. The molecule has 2 N–H and O–H groups in total. The maximum Gasteiger partial charge on any atom is 0.277 e. The second-order valence-electron chi connectivity index (χ2n) is 3.68. The molecule has 0 aliphatic carbocycles. The van der Waals surface area contributed by atoms with Gasteiger partial charge in [-0.2, -0.15) is 0 Å². The minimum atomic E-state index is -3.28. The van der Waals surface area contributed by atoms with E-state index in [2.05, 4.69) is 4.98 Å². The van der Waals surface area contributed by atoms with Crippen molar-refractivity contribution in [1.82, 2.24) is 9.88 Å². The number of carbonyl (C=O) groups excluding carboxylic acids is 2. The molecule has 0 radical (unpaired) electrons. The molecule has 0 saturated carbocycles. The summed E-state index contributed by atoms with van der Waals surface area (Å²) in [5.41, 5.74) is 5.01. The lowest BCUT2D eigenvalue weighted by Gasteiger charge is -2.20. The average molecular weight is 241 g/mol. The predicted octanol–water partition coefficient (Wildman–Crippen LogP) is 0.272. The molecule has 5 nitrogen and oxygen atoms in total. The summed E-state index contributed by atoms with van der Waals surface area (Å²) in [5, 5.41) is 0. The Balaban J connectivity index is 2.31. The van der Waals surface area contributed by atoms with Crippen LogP contribution >= 0.6 is 0 Å². The van der Waals surface area contributed by atoms with Crippen LogP contribution in [-0.2, 0) is 0 Å². The average Bonchev–Trinajstić information content (AvgIpc) is 2.55. The minimum Gasteiger partial charge on any atom is -0.325 e. The molecule has 7 heteroatoms. The van der Waals surface area contributed by atoms with Crippen LogP contribution in [0.1, 0.15) is 20.7 Å². The fraction of sp³-hybridized carbons (Fsp3) is 0.300. The Hall–Kier alpha value is -1.89. The second-order valence-corrected chi connectivity index (χ2v) is 3.68. The maximum absolute atomic E-state index is 13.1. The van der Waals surface area contributed by atoms with E-state index in [1.54, 1.807) is 0 Å². The van der Waals surface area contributed by atoms with Gasteiger partial charge in [0, 0.05) is 12.4 Å². The highest BCUT2D eigenvalue weighted by molar-refractivity contribution is 6.21. The molecule has 1 aromatic heterocycles. The molecule has 0 fully saturated rings. The van der Waals surface area contributed by atoms with Crippen molar-refractivity contribution in [3.63, 3.8) is 0 Å². The van der Waals surface area contributed by atoms with Crippen LogP contribution in [0.3, 0.4) is 0 Å². The van der Waals surface area contributed by atoms with Gasteiger partial charge in [-0.15, -0.1) is 0 Å². The molecule has 2 amide bonds. The van der Waals surface area contributed by atoms with Crippen molar-refractivity contribution < 1.29 is 18.4 Å². The van der Waals surface area contributed by atoms with Crippen LogP contribution < -0.4 is 5.73 Å². The van der Waals surface area contributed by atoms with Gasteiger partial charge in [-0.1, -0.05) is 0 Å². The number of imide groups is 1. The van der Waals surface area contributed by atoms with Crippen molar-refractivity contribution in [2.45, 2.75) is 5.92 Å². The summed E-state index contributed by atoms with van der Waals surface area (Å²) in [4.78, 5) is 27.6. The van der Waals surface area contributed by atoms with E-state index in [-0.39, 0.29) is 11.1 Å². The van der Waals surface area contributed by atoms with E-state index >= 15 is 0 Å². The zero-order valence-corrected chi connectivity index (χ0v) is 8.69. The van der Waals surface area contributed by atoms with Crippen molar-refractivity contribution in [2.75, 3.05) is 13.1 Å². The molecule has 2 rings (SSSR count). The number of nitrogens with zero attached hydrogens (tertiary/aromatic N) is 2. The highest BCUT2D eigenvalue weighted by Gasteiger charge is 2.41. The molecule has 1 aliphatic heterocycles. The Morgan fingerprint density at radius 3 is 2.53 bits per heavy atom. The lowest BCUT2D eigenvalue weighted by atomic mass is 10.2. The van der Waals surface area contributed by atoms with E-state index in [9.17, 15) is 18.4 Å². The summed E-state index contributed by atoms with van der Waals surface area (Å²) in [6.07, 6.45) is 2.52. The van der Waals surface area contributed by atoms with Gasteiger partial charge < -0.3 is 5.73 Å². The van der Waals surface area contributed by atoms with Gasteiger partial charge in [0.25, 0.3) is 17.7 Å². The summed E-state index contributed by atoms with van der Waals surface area (Å²) in [6.45, 7) is -1.92. The van der Waals surface area contributed by atoms with Crippen LogP contribution in [0.4, 0.5) is 8.78 Å². The Labute approximate surface area is 95.2 Å². The highest BCUT2D eigenvalue weighted by Crippen LogP contribution is 2.24. The van der Waals surface area contributed by atoms with E-state index in [1.807, 2.05) is 0 Å². The first-order valence-electron chi connectivity index (χ1n) is 4.84. The fourth-order valence-corrected chi connectivity index (χ4v) is 1.57. The molecule has 90 valence electrons. The largest absolute Gasteiger partial charge is 0.325 e. The number of rotatable bonds is 3. The third kappa shape index (κ3) is 1.89. The van der Waals surface area contributed by atoms with Crippen molar-refractivity contribution in [3.8, 4) is 0 Å². The molecule has 0 aromatic carbocycles. The Morgan fingerprint density at radius 2 is 1.94 bits per heavy atom. The number of hydrogen-bond donors (Lipinski definition) is 1. The normalized spacial score (nSPS) is 15.4. The van der Waals surface area contributed by atoms with E-state index in [1.165, 1.54) is 18.5 Å². The van der Waals surface area contributed by atoms with Gasteiger partial charge in [0.05, 0.1) is 24.2 Å². The number of alkyl halides is 2. The molecule has 17 heavy (non-hydrogen) atoms. The van der Waals surface area contributed by atoms with E-state index in [4.69, 9.17) is 5.73 Å². The number of aromatic nitrogens is 1. The van der Waals surface area contributed by atoms with Crippen molar-refractivity contribution >= 4 is 11.8 Å². The number of carbonyl (C=O) groups is 2. The summed E-state index contributed by atoms with van der Waals surface area (Å²) in [7, 11) is 0. The van der Waals surface area contributed by atoms with Crippen LogP contribution in [0.5, 0.6) is 0 Å². The summed E-state index contributed by atoms with van der Waals surface area (Å²) < 4.78 is 26.2. The van der Waals surface area contributed by atoms with E-state index < -0.39 is 30.8 Å². The number of halogens is 2. The van der Waals surface area contributed by atoms with Crippen molar-refractivity contribution in [1.29, 1.82) is 0 Å². The number of hydrogen-bond acceptors (Lipinski definition) is 4. The zero-order valence-electron chi connectivity index (χ0n) is 8.69. The van der Waals surface area contributed by atoms with E-state index in [0.29, 0.717) is 4.90 Å². The lowest BCUT2D eigenvalue weighted by molar-refractivity contribution is -0.0146. The van der Waals surface area contributed by atoms with Crippen LogP contribution in [0.2, 0.25) is 0 Å². The number of nitrogens with two attached hydrogens (primary N) is 1. The van der Waals surface area contributed by atoms with Gasteiger partial charge in [0.15, 0.2) is 0 Å². The first kappa shape index (κ1) is 11.6.